The average molecular weight is 475 g/mol. The fourth-order valence-electron chi connectivity index (χ4n) is 2.41. The van der Waals surface area contributed by atoms with E-state index in [9.17, 15) is 14.9 Å². The van der Waals surface area contributed by atoms with Crippen molar-refractivity contribution in [1.29, 1.82) is 5.26 Å². The van der Waals surface area contributed by atoms with Gasteiger partial charge in [0.2, 0.25) is 0 Å². The monoisotopic (exact) mass is 474 g/mol. The SMILES string of the molecule is CCOc1cccc(NC(=O)/C(C#N)=C/c2cc(OC)c(OCC(=O)O)cc2Br)c1. The maximum atomic E-state index is 12.5. The van der Waals surface area contributed by atoms with Gasteiger partial charge in [-0.15, -0.1) is 0 Å². The average Bonchev–Trinajstić information content (AvgIpc) is 2.71. The third kappa shape index (κ3) is 6.25. The second-order valence-electron chi connectivity index (χ2n) is 5.79. The molecule has 0 aromatic heterocycles. The number of carboxylic acids is 1. The molecule has 0 heterocycles. The number of rotatable bonds is 9. The molecule has 30 heavy (non-hydrogen) atoms. The molecule has 8 nitrogen and oxygen atoms in total. The van der Waals surface area contributed by atoms with E-state index in [0.29, 0.717) is 28.1 Å². The first-order valence-electron chi connectivity index (χ1n) is 8.76. The smallest absolute Gasteiger partial charge is 0.341 e. The minimum absolute atomic E-state index is 0.140. The van der Waals surface area contributed by atoms with Crippen LogP contribution < -0.4 is 19.5 Å². The second kappa shape index (κ2) is 10.9. The van der Waals surface area contributed by atoms with E-state index < -0.39 is 18.5 Å². The Bertz CT molecular complexity index is 1010. The summed E-state index contributed by atoms with van der Waals surface area (Å²) in [5.41, 5.74) is 0.823. The minimum atomic E-state index is -1.13. The fourth-order valence-corrected chi connectivity index (χ4v) is 2.84. The van der Waals surface area contributed by atoms with Crippen molar-refractivity contribution in [3.63, 3.8) is 0 Å². The van der Waals surface area contributed by atoms with Gasteiger partial charge < -0.3 is 24.6 Å². The van der Waals surface area contributed by atoms with E-state index in [1.807, 2.05) is 13.0 Å². The first kappa shape index (κ1) is 22.8. The Morgan fingerprint density at radius 3 is 2.63 bits per heavy atom. The molecule has 0 aliphatic rings. The highest BCUT2D eigenvalue weighted by Crippen LogP contribution is 2.34. The van der Waals surface area contributed by atoms with Crippen molar-refractivity contribution in [1.82, 2.24) is 0 Å². The number of carboxylic acid groups (broad SMARTS) is 1. The van der Waals surface area contributed by atoms with E-state index in [1.54, 1.807) is 24.3 Å². The third-order valence-electron chi connectivity index (χ3n) is 3.70. The van der Waals surface area contributed by atoms with Crippen LogP contribution in [-0.2, 0) is 9.59 Å². The Balaban J connectivity index is 2.28. The van der Waals surface area contributed by atoms with Crippen LogP contribution >= 0.6 is 15.9 Å². The summed E-state index contributed by atoms with van der Waals surface area (Å²) in [5.74, 6) is -0.660. The molecule has 0 aliphatic carbocycles. The van der Waals surface area contributed by atoms with Gasteiger partial charge in [-0.2, -0.15) is 5.26 Å². The Morgan fingerprint density at radius 2 is 2.00 bits per heavy atom. The maximum Gasteiger partial charge on any atom is 0.341 e. The van der Waals surface area contributed by atoms with E-state index in [-0.39, 0.29) is 17.1 Å². The molecule has 0 radical (unpaired) electrons. The van der Waals surface area contributed by atoms with Crippen molar-refractivity contribution < 1.29 is 28.9 Å². The van der Waals surface area contributed by atoms with E-state index in [2.05, 4.69) is 21.2 Å². The van der Waals surface area contributed by atoms with Crippen molar-refractivity contribution in [3.8, 4) is 23.3 Å². The molecule has 0 atom stereocenters. The van der Waals surface area contributed by atoms with Gasteiger partial charge in [0.05, 0.1) is 13.7 Å². The number of nitrogens with zero attached hydrogens (tertiary/aromatic N) is 1. The fraction of sp³-hybridized carbons (Fsp3) is 0.190. The van der Waals surface area contributed by atoms with E-state index in [1.165, 1.54) is 25.3 Å². The van der Waals surface area contributed by atoms with Crippen LogP contribution in [0.4, 0.5) is 5.69 Å². The summed E-state index contributed by atoms with van der Waals surface area (Å²) in [4.78, 5) is 23.3. The Kier molecular flexibility index (Phi) is 8.26. The van der Waals surface area contributed by atoms with Gasteiger partial charge in [-0.3, -0.25) is 4.79 Å². The molecular weight excluding hydrogens is 456 g/mol. The summed E-state index contributed by atoms with van der Waals surface area (Å²) in [7, 11) is 1.40. The predicted molar refractivity (Wildman–Crippen MR) is 114 cm³/mol. The lowest BCUT2D eigenvalue weighted by Gasteiger charge is -2.12. The molecule has 0 saturated heterocycles. The number of methoxy groups -OCH3 is 1. The van der Waals surface area contributed by atoms with Gasteiger partial charge in [-0.05, 0) is 42.8 Å². The van der Waals surface area contributed by atoms with Crippen LogP contribution in [0.25, 0.3) is 6.08 Å². The van der Waals surface area contributed by atoms with Crippen LogP contribution in [0.3, 0.4) is 0 Å². The molecule has 2 aromatic rings. The Morgan fingerprint density at radius 1 is 1.23 bits per heavy atom. The zero-order valence-corrected chi connectivity index (χ0v) is 17.9. The highest BCUT2D eigenvalue weighted by molar-refractivity contribution is 9.10. The maximum absolute atomic E-state index is 12.5. The normalized spacial score (nSPS) is 10.7. The molecule has 0 saturated carbocycles. The van der Waals surface area contributed by atoms with E-state index >= 15 is 0 Å². The van der Waals surface area contributed by atoms with Crippen molar-refractivity contribution >= 4 is 39.6 Å². The Labute approximate surface area is 181 Å². The van der Waals surface area contributed by atoms with Gasteiger partial charge in [-0.25, -0.2) is 4.79 Å². The lowest BCUT2D eigenvalue weighted by atomic mass is 10.1. The number of carbonyl (C=O) groups excluding carboxylic acids is 1. The number of carbonyl (C=O) groups is 2. The molecule has 0 spiro atoms. The number of amides is 1. The Hall–Kier alpha value is -3.51. The molecule has 156 valence electrons. The van der Waals surface area contributed by atoms with Gasteiger partial charge in [0.1, 0.15) is 17.4 Å². The van der Waals surface area contributed by atoms with Crippen LogP contribution in [0.2, 0.25) is 0 Å². The molecule has 9 heteroatoms. The number of halogens is 1. The predicted octanol–water partition coefficient (Wildman–Crippen LogP) is 3.87. The van der Waals surface area contributed by atoms with Crippen LogP contribution in [0.5, 0.6) is 17.2 Å². The van der Waals surface area contributed by atoms with Crippen molar-refractivity contribution in [2.24, 2.45) is 0 Å². The number of benzene rings is 2. The van der Waals surface area contributed by atoms with Gasteiger partial charge in [0.25, 0.3) is 5.91 Å². The van der Waals surface area contributed by atoms with Gasteiger partial charge in [0.15, 0.2) is 18.1 Å². The van der Waals surface area contributed by atoms with Crippen LogP contribution in [0, 0.1) is 11.3 Å². The first-order chi connectivity index (χ1) is 14.4. The lowest BCUT2D eigenvalue weighted by Crippen LogP contribution is -2.13. The van der Waals surface area contributed by atoms with Crippen molar-refractivity contribution in [3.05, 3.63) is 52.0 Å². The number of hydrogen-bond donors (Lipinski definition) is 2. The van der Waals surface area contributed by atoms with Crippen LogP contribution in [0.15, 0.2) is 46.4 Å². The van der Waals surface area contributed by atoms with Crippen LogP contribution in [0.1, 0.15) is 12.5 Å². The minimum Gasteiger partial charge on any atom is -0.494 e. The van der Waals surface area contributed by atoms with Crippen LogP contribution in [-0.4, -0.2) is 37.3 Å². The molecule has 0 bridgehead atoms. The van der Waals surface area contributed by atoms with E-state index in [4.69, 9.17) is 19.3 Å². The standard InChI is InChI=1S/C21H19BrN2O6/c1-3-29-16-6-4-5-15(9-16)24-21(27)14(11-23)7-13-8-18(28-2)19(10-17(13)22)30-12-20(25)26/h4-10H,3,12H2,1-2H3,(H,24,27)(H,25,26)/b14-7+. The largest absolute Gasteiger partial charge is 0.494 e. The molecule has 2 N–H and O–H groups in total. The number of aliphatic carboxylic acids is 1. The molecule has 1 amide bonds. The number of nitriles is 1. The van der Waals surface area contributed by atoms with Crippen molar-refractivity contribution in [2.75, 3.05) is 25.6 Å². The van der Waals surface area contributed by atoms with Crippen molar-refractivity contribution in [2.45, 2.75) is 6.92 Å². The zero-order chi connectivity index (χ0) is 22.1. The molecule has 2 aromatic carbocycles. The molecule has 0 aliphatic heterocycles. The number of anilines is 1. The number of hydrogen-bond acceptors (Lipinski definition) is 6. The number of ether oxygens (including phenoxy) is 3. The summed E-state index contributed by atoms with van der Waals surface area (Å²) < 4.78 is 16.3. The molecule has 0 fully saturated rings. The second-order valence-corrected chi connectivity index (χ2v) is 6.65. The lowest BCUT2D eigenvalue weighted by molar-refractivity contribution is -0.139. The molecule has 2 rings (SSSR count). The summed E-state index contributed by atoms with van der Waals surface area (Å²) in [6.07, 6.45) is 1.38. The zero-order valence-electron chi connectivity index (χ0n) is 16.3. The van der Waals surface area contributed by atoms with Gasteiger partial charge >= 0.3 is 5.97 Å². The quantitative estimate of drug-likeness (QED) is 0.418. The van der Waals surface area contributed by atoms with Gasteiger partial charge in [-0.1, -0.05) is 22.0 Å². The molecule has 0 unspecified atom stereocenters. The van der Waals surface area contributed by atoms with E-state index in [0.717, 1.165) is 0 Å². The summed E-state index contributed by atoms with van der Waals surface area (Å²) in [5, 5.41) is 20.9. The first-order valence-corrected chi connectivity index (χ1v) is 9.55. The van der Waals surface area contributed by atoms with Gasteiger partial charge in [0, 0.05) is 16.2 Å². The molecular formula is C21H19BrN2O6. The highest BCUT2D eigenvalue weighted by atomic mass is 79.9. The summed E-state index contributed by atoms with van der Waals surface area (Å²) in [6.45, 7) is 1.80. The number of nitrogens with one attached hydrogen (secondary N) is 1. The topological polar surface area (TPSA) is 118 Å². The third-order valence-corrected chi connectivity index (χ3v) is 4.39. The summed E-state index contributed by atoms with van der Waals surface area (Å²) >= 11 is 3.33. The highest BCUT2D eigenvalue weighted by Gasteiger charge is 2.14. The summed E-state index contributed by atoms with van der Waals surface area (Å²) in [6, 6.07) is 11.7.